The van der Waals surface area contributed by atoms with Crippen LogP contribution in [0.5, 0.6) is 0 Å². The average molecular weight is 395 g/mol. The van der Waals surface area contributed by atoms with Gasteiger partial charge in [-0.2, -0.15) is 5.10 Å². The maximum Gasteiger partial charge on any atom is 0.325 e. The van der Waals surface area contributed by atoms with Gasteiger partial charge in [0.15, 0.2) is 0 Å². The van der Waals surface area contributed by atoms with E-state index in [4.69, 9.17) is 0 Å². The second-order valence-corrected chi connectivity index (χ2v) is 7.97. The van der Waals surface area contributed by atoms with Gasteiger partial charge in [0.2, 0.25) is 5.91 Å². The Kier molecular flexibility index (Phi) is 4.64. The van der Waals surface area contributed by atoms with Gasteiger partial charge in [-0.15, -0.1) is 0 Å². The van der Waals surface area contributed by atoms with Crippen molar-refractivity contribution in [1.29, 1.82) is 0 Å². The lowest BCUT2D eigenvalue weighted by Gasteiger charge is -2.20. The number of amides is 4. The van der Waals surface area contributed by atoms with E-state index in [1.54, 1.807) is 6.92 Å². The predicted octanol–water partition coefficient (Wildman–Crippen LogP) is 1.83. The lowest BCUT2D eigenvalue weighted by Crippen LogP contribution is -2.47. The molecule has 2 aliphatic rings. The molecule has 2 N–H and O–H groups in total. The highest BCUT2D eigenvalue weighted by atomic mass is 16.2. The highest BCUT2D eigenvalue weighted by Crippen LogP contribution is 2.42. The molecule has 1 aliphatic carbocycles. The molecule has 0 bridgehead atoms. The lowest BCUT2D eigenvalue weighted by atomic mass is 9.96. The van der Waals surface area contributed by atoms with E-state index in [1.807, 2.05) is 48.9 Å². The van der Waals surface area contributed by atoms with E-state index in [2.05, 4.69) is 15.7 Å². The first-order valence-corrected chi connectivity index (χ1v) is 9.82. The number of nitrogens with zero attached hydrogens (tertiary/aromatic N) is 3. The number of para-hydroxylation sites is 1. The van der Waals surface area contributed by atoms with Crippen molar-refractivity contribution < 1.29 is 14.4 Å². The molecular formula is C21H25N5O3. The van der Waals surface area contributed by atoms with Crippen molar-refractivity contribution in [1.82, 2.24) is 25.3 Å². The van der Waals surface area contributed by atoms with Crippen LogP contribution in [0.25, 0.3) is 5.69 Å². The van der Waals surface area contributed by atoms with E-state index in [0.29, 0.717) is 0 Å². The summed E-state index contributed by atoms with van der Waals surface area (Å²) in [5.74, 6) is -0.523. The fourth-order valence-electron chi connectivity index (χ4n) is 3.93. The fourth-order valence-corrected chi connectivity index (χ4v) is 3.93. The van der Waals surface area contributed by atoms with E-state index < -0.39 is 11.6 Å². The number of hydrogen-bond acceptors (Lipinski definition) is 4. The van der Waals surface area contributed by atoms with Crippen molar-refractivity contribution >= 4 is 17.8 Å². The van der Waals surface area contributed by atoms with Gasteiger partial charge in [-0.25, -0.2) is 9.48 Å². The third kappa shape index (κ3) is 3.39. The molecule has 1 aromatic carbocycles. The van der Waals surface area contributed by atoms with Crippen LogP contribution in [0.2, 0.25) is 0 Å². The zero-order valence-corrected chi connectivity index (χ0v) is 16.9. The number of benzene rings is 1. The molecule has 1 aliphatic heterocycles. The Morgan fingerprint density at radius 3 is 2.59 bits per heavy atom. The molecule has 1 aromatic heterocycles. The van der Waals surface area contributed by atoms with Crippen LogP contribution in [0, 0.1) is 19.8 Å². The molecule has 8 nitrogen and oxygen atoms in total. The molecule has 2 heterocycles. The number of urea groups is 1. The zero-order chi connectivity index (χ0) is 20.8. The average Bonchev–Trinajstić information content (AvgIpc) is 3.48. The van der Waals surface area contributed by atoms with Crippen LogP contribution >= 0.6 is 0 Å². The topological polar surface area (TPSA) is 96.3 Å². The van der Waals surface area contributed by atoms with Crippen LogP contribution in [0.15, 0.2) is 30.3 Å². The predicted molar refractivity (Wildman–Crippen MR) is 106 cm³/mol. The van der Waals surface area contributed by atoms with Gasteiger partial charge >= 0.3 is 6.03 Å². The van der Waals surface area contributed by atoms with E-state index in [-0.39, 0.29) is 30.8 Å². The quantitative estimate of drug-likeness (QED) is 0.730. The van der Waals surface area contributed by atoms with Gasteiger partial charge in [-0.3, -0.25) is 14.5 Å². The molecule has 1 atom stereocenters. The largest absolute Gasteiger partial charge is 0.350 e. The Morgan fingerprint density at radius 2 is 1.93 bits per heavy atom. The maximum atomic E-state index is 12.6. The van der Waals surface area contributed by atoms with Crippen LogP contribution in [0.4, 0.5) is 4.79 Å². The summed E-state index contributed by atoms with van der Waals surface area (Å²) in [4.78, 5) is 38.3. The van der Waals surface area contributed by atoms with Crippen molar-refractivity contribution in [2.75, 3.05) is 6.54 Å². The number of hydrogen-bond donors (Lipinski definition) is 2. The molecule has 0 spiro atoms. The highest BCUT2D eigenvalue weighted by molar-refractivity contribution is 6.09. The van der Waals surface area contributed by atoms with Gasteiger partial charge in [0.25, 0.3) is 5.91 Å². The van der Waals surface area contributed by atoms with Gasteiger partial charge in [0.05, 0.1) is 11.4 Å². The summed E-state index contributed by atoms with van der Waals surface area (Å²) in [6.45, 7) is 5.59. The first kappa shape index (κ1) is 19.2. The third-order valence-electron chi connectivity index (χ3n) is 5.90. The molecule has 0 radical (unpaired) electrons. The van der Waals surface area contributed by atoms with Gasteiger partial charge in [0.1, 0.15) is 12.1 Å². The molecule has 152 valence electrons. The van der Waals surface area contributed by atoms with Crippen molar-refractivity contribution in [3.8, 4) is 5.69 Å². The standard InChI is InChI=1S/C21H25N5O3/c1-13-17(14(2)26(24-13)16-7-5-4-6-8-16)11-22-18(27)12-25-19(28)21(3,15-9-10-15)23-20(25)29/h4-8,15H,9-12H2,1-3H3,(H,22,27)(H,23,29). The molecular weight excluding hydrogens is 370 g/mol. The number of rotatable bonds is 6. The van der Waals surface area contributed by atoms with Crippen molar-refractivity contribution in [2.45, 2.75) is 45.7 Å². The van der Waals surface area contributed by atoms with Gasteiger partial charge in [0, 0.05) is 17.8 Å². The minimum atomic E-state index is -0.874. The molecule has 8 heteroatoms. The number of aryl methyl sites for hydroxylation is 1. The minimum Gasteiger partial charge on any atom is -0.350 e. The van der Waals surface area contributed by atoms with Crippen LogP contribution < -0.4 is 10.6 Å². The summed E-state index contributed by atoms with van der Waals surface area (Å²) >= 11 is 0. The molecule has 4 amide bonds. The summed E-state index contributed by atoms with van der Waals surface area (Å²) in [6, 6.07) is 9.28. The molecule has 2 aromatic rings. The van der Waals surface area contributed by atoms with Gasteiger partial charge in [-0.05, 0) is 51.7 Å². The number of nitrogens with one attached hydrogen (secondary N) is 2. The molecule has 1 saturated carbocycles. The lowest BCUT2D eigenvalue weighted by molar-refractivity contribution is -0.135. The second-order valence-electron chi connectivity index (χ2n) is 7.97. The number of aromatic nitrogens is 2. The monoisotopic (exact) mass is 395 g/mol. The van der Waals surface area contributed by atoms with Crippen LogP contribution in [0.3, 0.4) is 0 Å². The molecule has 29 heavy (non-hydrogen) atoms. The third-order valence-corrected chi connectivity index (χ3v) is 5.90. The van der Waals surface area contributed by atoms with Gasteiger partial charge < -0.3 is 10.6 Å². The summed E-state index contributed by atoms with van der Waals surface area (Å²) < 4.78 is 1.84. The minimum absolute atomic E-state index is 0.168. The normalized spacial score (nSPS) is 21.4. The number of carbonyl (C=O) groups is 3. The number of imide groups is 1. The first-order chi connectivity index (χ1) is 13.8. The van der Waals surface area contributed by atoms with Crippen molar-refractivity contribution in [3.63, 3.8) is 0 Å². The second kappa shape index (κ2) is 7.02. The first-order valence-electron chi connectivity index (χ1n) is 9.82. The molecule has 2 fully saturated rings. The summed E-state index contributed by atoms with van der Waals surface area (Å²) in [7, 11) is 0. The Balaban J connectivity index is 1.41. The summed E-state index contributed by atoms with van der Waals surface area (Å²) in [5, 5.41) is 10.1. The maximum absolute atomic E-state index is 12.6. The molecule has 1 unspecified atom stereocenters. The zero-order valence-electron chi connectivity index (χ0n) is 16.9. The number of carbonyl (C=O) groups excluding carboxylic acids is 3. The van der Waals surface area contributed by atoms with Gasteiger partial charge in [-0.1, -0.05) is 18.2 Å². The highest BCUT2D eigenvalue weighted by Gasteiger charge is 2.56. The Labute approximate surface area is 169 Å². The van der Waals surface area contributed by atoms with Crippen molar-refractivity contribution in [3.05, 3.63) is 47.3 Å². The molecule has 1 saturated heterocycles. The van der Waals surface area contributed by atoms with Crippen LogP contribution in [-0.2, 0) is 16.1 Å². The summed E-state index contributed by atoms with van der Waals surface area (Å²) in [5.41, 5.74) is 2.75. The van der Waals surface area contributed by atoms with Crippen LogP contribution in [-0.4, -0.2) is 44.6 Å². The Morgan fingerprint density at radius 1 is 1.24 bits per heavy atom. The van der Waals surface area contributed by atoms with Crippen LogP contribution in [0.1, 0.15) is 36.7 Å². The molecule has 4 rings (SSSR count). The Hall–Kier alpha value is -3.16. The smallest absolute Gasteiger partial charge is 0.325 e. The van der Waals surface area contributed by atoms with Crippen molar-refractivity contribution in [2.24, 2.45) is 5.92 Å². The SMILES string of the molecule is Cc1nn(-c2ccccc2)c(C)c1CNC(=O)CN1C(=O)NC(C)(C2CC2)C1=O. The fraction of sp³-hybridized carbons (Fsp3) is 0.429. The van der Waals surface area contributed by atoms with E-state index in [1.165, 1.54) is 0 Å². The van der Waals surface area contributed by atoms with E-state index in [9.17, 15) is 14.4 Å². The van der Waals surface area contributed by atoms with E-state index in [0.717, 1.165) is 40.4 Å². The van der Waals surface area contributed by atoms with E-state index >= 15 is 0 Å². The summed E-state index contributed by atoms with van der Waals surface area (Å²) in [6.07, 6.45) is 1.85. The Bertz CT molecular complexity index is 980.